The number of rotatable bonds is 2. The largest absolute Gasteiger partial charge is 0.353 e. The Hall–Kier alpha value is -0.200. The maximum Gasteiger partial charge on any atom is 0.201 e. The summed E-state index contributed by atoms with van der Waals surface area (Å²) < 4.78 is 18.3. The smallest absolute Gasteiger partial charge is 0.201 e. The monoisotopic (exact) mass is 312 g/mol. The number of fused-ring (bicyclic) bond motifs is 2. The molecule has 0 unspecified atom stereocenters. The Bertz CT molecular complexity index is 443. The molecule has 0 amide bonds. The molecule has 2 bridgehead atoms. The third kappa shape index (κ3) is 1.96. The van der Waals surface area contributed by atoms with E-state index in [9.17, 15) is 0 Å². The standard InChI is InChI=1S/C17H28O5/c1-5-18-14-11(3)13-7-6-10(2)12-8-9-16(4)20-15(19-14)17(12,13)22-21-16/h10-15H,5-9H2,1-4H3/t10-,11-,12-,13-,14-,15-,16-,17-/m1/s1. The summed E-state index contributed by atoms with van der Waals surface area (Å²) in [5, 5.41) is 0. The van der Waals surface area contributed by atoms with Gasteiger partial charge in [0.2, 0.25) is 5.79 Å². The molecule has 0 N–H and O–H groups in total. The summed E-state index contributed by atoms with van der Waals surface area (Å²) in [7, 11) is 0. The first-order valence-electron chi connectivity index (χ1n) is 8.82. The van der Waals surface area contributed by atoms with Crippen molar-refractivity contribution in [2.24, 2.45) is 23.7 Å². The van der Waals surface area contributed by atoms with Gasteiger partial charge in [0.05, 0.1) is 0 Å². The topological polar surface area (TPSA) is 46.2 Å². The van der Waals surface area contributed by atoms with Crippen molar-refractivity contribution >= 4 is 0 Å². The van der Waals surface area contributed by atoms with Gasteiger partial charge in [-0.25, -0.2) is 9.78 Å². The summed E-state index contributed by atoms with van der Waals surface area (Å²) in [6.07, 6.45) is 3.66. The summed E-state index contributed by atoms with van der Waals surface area (Å²) in [5.74, 6) is 0.957. The van der Waals surface area contributed by atoms with E-state index in [1.165, 1.54) is 6.42 Å². The van der Waals surface area contributed by atoms with E-state index in [2.05, 4.69) is 13.8 Å². The molecule has 0 aromatic heterocycles. The van der Waals surface area contributed by atoms with E-state index in [0.29, 0.717) is 24.4 Å². The van der Waals surface area contributed by atoms with E-state index in [4.69, 9.17) is 24.0 Å². The number of hydrogen-bond acceptors (Lipinski definition) is 5. The Labute approximate surface area is 132 Å². The molecule has 5 rings (SSSR count). The van der Waals surface area contributed by atoms with Gasteiger partial charge in [-0.3, -0.25) is 0 Å². The van der Waals surface area contributed by atoms with Crippen LogP contribution in [0.1, 0.15) is 53.4 Å². The Balaban J connectivity index is 1.75. The fourth-order valence-electron chi connectivity index (χ4n) is 5.23. The van der Waals surface area contributed by atoms with Crippen molar-refractivity contribution < 1.29 is 24.0 Å². The highest BCUT2D eigenvalue weighted by molar-refractivity contribution is 5.09. The van der Waals surface area contributed by atoms with Gasteiger partial charge in [0.15, 0.2) is 18.2 Å². The highest BCUT2D eigenvalue weighted by Gasteiger charge is 2.69. The second-order valence-electron chi connectivity index (χ2n) is 7.73. The fraction of sp³-hybridized carbons (Fsp3) is 1.00. The molecule has 126 valence electrons. The van der Waals surface area contributed by atoms with Gasteiger partial charge in [-0.15, -0.1) is 0 Å². The molecule has 22 heavy (non-hydrogen) atoms. The van der Waals surface area contributed by atoms with Crippen molar-refractivity contribution in [2.45, 2.75) is 77.3 Å². The molecule has 8 atom stereocenters. The van der Waals surface area contributed by atoms with Gasteiger partial charge in [0, 0.05) is 24.9 Å². The number of hydrogen-bond donors (Lipinski definition) is 0. The lowest BCUT2D eigenvalue weighted by Gasteiger charge is -2.60. The molecular formula is C17H28O5. The van der Waals surface area contributed by atoms with Gasteiger partial charge in [0.25, 0.3) is 0 Å². The van der Waals surface area contributed by atoms with Crippen LogP contribution in [0.3, 0.4) is 0 Å². The van der Waals surface area contributed by atoms with Crippen LogP contribution in [-0.4, -0.2) is 30.6 Å². The van der Waals surface area contributed by atoms with Crippen molar-refractivity contribution in [1.29, 1.82) is 0 Å². The normalized spacial score (nSPS) is 57.3. The molecule has 5 nitrogen and oxygen atoms in total. The lowest BCUT2D eigenvalue weighted by Crippen LogP contribution is -2.70. The Morgan fingerprint density at radius 2 is 1.91 bits per heavy atom. The summed E-state index contributed by atoms with van der Waals surface area (Å²) in [6, 6.07) is 0. The zero-order valence-electron chi connectivity index (χ0n) is 14.0. The van der Waals surface area contributed by atoms with Crippen molar-refractivity contribution in [2.75, 3.05) is 6.61 Å². The van der Waals surface area contributed by atoms with E-state index in [1.807, 2.05) is 13.8 Å². The average molecular weight is 312 g/mol. The van der Waals surface area contributed by atoms with E-state index >= 15 is 0 Å². The highest BCUT2D eigenvalue weighted by Crippen LogP contribution is 2.60. The number of ether oxygens (including phenoxy) is 3. The lowest BCUT2D eigenvalue weighted by atomic mass is 9.58. The predicted octanol–water partition coefficient (Wildman–Crippen LogP) is 3.23. The Morgan fingerprint density at radius 1 is 1.09 bits per heavy atom. The summed E-state index contributed by atoms with van der Waals surface area (Å²) in [4.78, 5) is 11.9. The van der Waals surface area contributed by atoms with Crippen LogP contribution >= 0.6 is 0 Å². The second-order valence-corrected chi connectivity index (χ2v) is 7.73. The molecule has 5 fully saturated rings. The van der Waals surface area contributed by atoms with Gasteiger partial charge in [-0.05, 0) is 44.9 Å². The average Bonchev–Trinajstić information content (AvgIpc) is 2.71. The van der Waals surface area contributed by atoms with Crippen LogP contribution in [-0.2, 0) is 24.0 Å². The van der Waals surface area contributed by atoms with E-state index in [1.54, 1.807) is 0 Å². The predicted molar refractivity (Wildman–Crippen MR) is 78.5 cm³/mol. The summed E-state index contributed by atoms with van der Waals surface area (Å²) >= 11 is 0. The van der Waals surface area contributed by atoms with Crippen LogP contribution in [0.5, 0.6) is 0 Å². The molecule has 0 aromatic rings. The fourth-order valence-corrected chi connectivity index (χ4v) is 5.23. The first-order chi connectivity index (χ1) is 10.5. The first-order valence-corrected chi connectivity index (χ1v) is 8.82. The lowest BCUT2D eigenvalue weighted by molar-refractivity contribution is -0.577. The van der Waals surface area contributed by atoms with Gasteiger partial charge in [0.1, 0.15) is 0 Å². The van der Waals surface area contributed by atoms with Gasteiger partial charge < -0.3 is 14.2 Å². The van der Waals surface area contributed by atoms with Crippen molar-refractivity contribution in [3.63, 3.8) is 0 Å². The quantitative estimate of drug-likeness (QED) is 0.733. The molecule has 1 spiro atoms. The van der Waals surface area contributed by atoms with Crippen molar-refractivity contribution in [1.82, 2.24) is 0 Å². The van der Waals surface area contributed by atoms with Crippen molar-refractivity contribution in [3.8, 4) is 0 Å². The molecular weight excluding hydrogens is 284 g/mol. The van der Waals surface area contributed by atoms with Crippen LogP contribution in [0, 0.1) is 23.7 Å². The zero-order valence-corrected chi connectivity index (χ0v) is 14.0. The minimum Gasteiger partial charge on any atom is -0.353 e. The molecule has 4 saturated heterocycles. The van der Waals surface area contributed by atoms with Crippen LogP contribution in [0.4, 0.5) is 0 Å². The minimum atomic E-state index is -0.700. The van der Waals surface area contributed by atoms with E-state index in [-0.39, 0.29) is 18.5 Å². The molecule has 1 aliphatic carbocycles. The molecule has 5 aliphatic rings. The molecule has 0 radical (unpaired) electrons. The van der Waals surface area contributed by atoms with Crippen LogP contribution < -0.4 is 0 Å². The van der Waals surface area contributed by atoms with E-state index < -0.39 is 11.4 Å². The van der Waals surface area contributed by atoms with Gasteiger partial charge in [-0.2, -0.15) is 0 Å². The first kappa shape index (κ1) is 15.3. The maximum atomic E-state index is 6.25. The highest BCUT2D eigenvalue weighted by atomic mass is 17.3. The SMILES string of the molecule is CCO[C@@H]1O[C@@H]2O[C@@]3(C)CC[C@@H]4[C@H](C)CC[C@H]([C@H]1C)[C@@]24OO3. The van der Waals surface area contributed by atoms with Crippen molar-refractivity contribution in [3.05, 3.63) is 0 Å². The minimum absolute atomic E-state index is 0.216. The summed E-state index contributed by atoms with van der Waals surface area (Å²) in [5.41, 5.74) is -0.472. The van der Waals surface area contributed by atoms with E-state index in [0.717, 1.165) is 19.3 Å². The third-order valence-electron chi connectivity index (χ3n) is 6.43. The van der Waals surface area contributed by atoms with Crippen LogP contribution in [0.15, 0.2) is 0 Å². The van der Waals surface area contributed by atoms with Crippen LogP contribution in [0.25, 0.3) is 0 Å². The second kappa shape index (κ2) is 5.15. The Kier molecular flexibility index (Phi) is 3.59. The van der Waals surface area contributed by atoms with Gasteiger partial charge >= 0.3 is 0 Å². The van der Waals surface area contributed by atoms with Gasteiger partial charge in [-0.1, -0.05) is 13.8 Å². The Morgan fingerprint density at radius 3 is 2.68 bits per heavy atom. The third-order valence-corrected chi connectivity index (χ3v) is 6.43. The molecule has 1 saturated carbocycles. The summed E-state index contributed by atoms with van der Waals surface area (Å²) in [6.45, 7) is 9.15. The van der Waals surface area contributed by atoms with Crippen LogP contribution in [0.2, 0.25) is 0 Å². The maximum absolute atomic E-state index is 6.25. The molecule has 4 heterocycles. The zero-order chi connectivity index (χ0) is 15.5. The molecule has 4 aliphatic heterocycles. The molecule has 5 heteroatoms. The molecule has 0 aromatic carbocycles.